The van der Waals surface area contributed by atoms with Crippen molar-refractivity contribution in [3.63, 3.8) is 0 Å². The van der Waals surface area contributed by atoms with Gasteiger partial charge in [0.2, 0.25) is 0 Å². The minimum atomic E-state index is 0.591. The Morgan fingerprint density at radius 1 is 1.25 bits per heavy atom. The fourth-order valence-corrected chi connectivity index (χ4v) is 2.58. The van der Waals surface area contributed by atoms with E-state index < -0.39 is 0 Å². The molecule has 3 nitrogen and oxygen atoms in total. The third-order valence-corrected chi connectivity index (χ3v) is 3.54. The predicted molar refractivity (Wildman–Crippen MR) is 61.2 cm³/mol. The molecule has 0 saturated heterocycles. The van der Waals surface area contributed by atoms with Crippen LogP contribution in [-0.2, 0) is 14.8 Å². The highest BCUT2D eigenvalue weighted by Gasteiger charge is 2.35. The zero-order valence-corrected chi connectivity index (χ0v) is 10.1. The van der Waals surface area contributed by atoms with E-state index in [-0.39, 0.29) is 0 Å². The molecule has 16 heavy (non-hydrogen) atoms. The van der Waals surface area contributed by atoms with Gasteiger partial charge in [0.25, 0.3) is 0 Å². The summed E-state index contributed by atoms with van der Waals surface area (Å²) in [4.78, 5) is 10.2. The molecule has 2 atom stereocenters. The molecule has 0 spiro atoms. The summed E-state index contributed by atoms with van der Waals surface area (Å²) < 4.78 is 0. The summed E-state index contributed by atoms with van der Waals surface area (Å²) in [6.45, 7) is 2.82. The van der Waals surface area contributed by atoms with Crippen molar-refractivity contribution in [1.29, 1.82) is 0 Å². The molecule has 92 valence electrons. The molecule has 2 aliphatic rings. The van der Waals surface area contributed by atoms with Crippen molar-refractivity contribution in [2.75, 3.05) is 6.61 Å². The average molecular weight is 226 g/mol. The minimum Gasteiger partial charge on any atom is -0.313 e. The van der Waals surface area contributed by atoms with Crippen LogP contribution in [0.4, 0.5) is 0 Å². The summed E-state index contributed by atoms with van der Waals surface area (Å²) in [7, 11) is 0. The van der Waals surface area contributed by atoms with Gasteiger partial charge in [-0.1, -0.05) is 26.2 Å². The van der Waals surface area contributed by atoms with Crippen molar-refractivity contribution < 1.29 is 14.8 Å². The second kappa shape index (κ2) is 6.26. The van der Waals surface area contributed by atoms with E-state index in [0.717, 1.165) is 18.1 Å². The van der Waals surface area contributed by atoms with E-state index in [1.165, 1.54) is 38.5 Å². The molecule has 0 aliphatic heterocycles. The van der Waals surface area contributed by atoms with E-state index in [0.29, 0.717) is 12.5 Å². The van der Waals surface area contributed by atoms with Crippen LogP contribution < -0.4 is 0 Å². The first-order valence-electron chi connectivity index (χ1n) is 6.58. The van der Waals surface area contributed by atoms with E-state index in [9.17, 15) is 0 Å². The number of allylic oxidation sites excluding steroid dienone is 2. The molecule has 0 aromatic rings. The molecule has 0 aromatic heterocycles. The first-order valence-corrected chi connectivity index (χ1v) is 6.58. The highest BCUT2D eigenvalue weighted by atomic mass is 17.5. The molecule has 2 aliphatic carbocycles. The van der Waals surface area contributed by atoms with Gasteiger partial charge in [0.15, 0.2) is 0 Å². The third kappa shape index (κ3) is 3.22. The Morgan fingerprint density at radius 2 is 2.19 bits per heavy atom. The highest BCUT2D eigenvalue weighted by Crippen LogP contribution is 2.43. The molecule has 0 heterocycles. The number of hydrogen-bond donors (Lipinski definition) is 0. The van der Waals surface area contributed by atoms with Crippen molar-refractivity contribution in [2.24, 2.45) is 11.8 Å². The number of hydrogen-bond acceptors (Lipinski definition) is 3. The van der Waals surface area contributed by atoms with Crippen molar-refractivity contribution in [3.05, 3.63) is 11.8 Å². The van der Waals surface area contributed by atoms with Gasteiger partial charge in [-0.05, 0) is 42.7 Å². The van der Waals surface area contributed by atoms with Gasteiger partial charge in [-0.2, -0.15) is 4.89 Å². The maximum absolute atomic E-state index is 5.18. The van der Waals surface area contributed by atoms with E-state index in [1.54, 1.807) is 0 Å². The lowest BCUT2D eigenvalue weighted by atomic mass is 10.1. The van der Waals surface area contributed by atoms with Gasteiger partial charge in [-0.25, -0.2) is 0 Å². The Labute approximate surface area is 97.6 Å². The Kier molecular flexibility index (Phi) is 4.67. The molecule has 2 unspecified atom stereocenters. The van der Waals surface area contributed by atoms with Crippen molar-refractivity contribution in [2.45, 2.75) is 51.9 Å². The summed E-state index contributed by atoms with van der Waals surface area (Å²) in [6, 6.07) is 0. The molecule has 0 amide bonds. The topological polar surface area (TPSA) is 27.7 Å². The van der Waals surface area contributed by atoms with Crippen LogP contribution in [0.15, 0.2) is 11.8 Å². The molecule has 1 fully saturated rings. The van der Waals surface area contributed by atoms with Crippen LogP contribution in [0.5, 0.6) is 0 Å². The fraction of sp³-hybridized carbons (Fsp3) is 0.846. The van der Waals surface area contributed by atoms with Crippen LogP contribution in [0.3, 0.4) is 0 Å². The molecule has 3 heteroatoms. The largest absolute Gasteiger partial charge is 0.313 e. The van der Waals surface area contributed by atoms with Gasteiger partial charge < -0.3 is 4.89 Å². The van der Waals surface area contributed by atoms with Gasteiger partial charge in [-0.3, -0.25) is 0 Å². The summed E-state index contributed by atoms with van der Waals surface area (Å²) in [6.07, 6.45) is 10.7. The Morgan fingerprint density at radius 3 is 2.88 bits per heavy atom. The lowest BCUT2D eigenvalue weighted by Gasteiger charge is -2.11. The average Bonchev–Trinajstić information content (AvgIpc) is 2.90. The minimum absolute atomic E-state index is 0.591. The van der Waals surface area contributed by atoms with E-state index in [1.807, 2.05) is 0 Å². The van der Waals surface area contributed by atoms with Crippen LogP contribution in [-0.4, -0.2) is 6.61 Å². The molecule has 1 saturated carbocycles. The van der Waals surface area contributed by atoms with E-state index >= 15 is 0 Å². The summed E-state index contributed by atoms with van der Waals surface area (Å²) >= 11 is 0. The maximum atomic E-state index is 5.18. The molecule has 0 radical (unpaired) electrons. The number of fused-ring (bicyclic) bond motifs is 2. The first-order chi connectivity index (χ1) is 7.90. The SMILES string of the molecule is CCCCCCOOOC1=CC2CCC1C2. The van der Waals surface area contributed by atoms with Crippen molar-refractivity contribution in [1.82, 2.24) is 0 Å². The van der Waals surface area contributed by atoms with Crippen LogP contribution in [0.25, 0.3) is 0 Å². The summed E-state index contributed by atoms with van der Waals surface area (Å²) in [5.41, 5.74) is 0. The second-order valence-electron chi connectivity index (χ2n) is 4.87. The van der Waals surface area contributed by atoms with Gasteiger partial charge in [0, 0.05) is 5.92 Å². The zero-order chi connectivity index (χ0) is 11.2. The second-order valence-corrected chi connectivity index (χ2v) is 4.87. The molecule has 2 rings (SSSR count). The smallest absolute Gasteiger partial charge is 0.145 e. The molecule has 0 aromatic carbocycles. The van der Waals surface area contributed by atoms with E-state index in [4.69, 9.17) is 14.8 Å². The fourth-order valence-electron chi connectivity index (χ4n) is 2.58. The van der Waals surface area contributed by atoms with Gasteiger partial charge in [0.1, 0.15) is 5.76 Å². The van der Waals surface area contributed by atoms with Crippen molar-refractivity contribution in [3.8, 4) is 0 Å². The molecule has 2 bridgehead atoms. The lowest BCUT2D eigenvalue weighted by molar-refractivity contribution is -0.498. The quantitative estimate of drug-likeness (QED) is 0.358. The molecular weight excluding hydrogens is 204 g/mol. The first kappa shape index (κ1) is 11.9. The number of unbranched alkanes of at least 4 members (excludes halogenated alkanes) is 3. The molecule has 0 N–H and O–H groups in total. The van der Waals surface area contributed by atoms with Crippen LogP contribution in [0.2, 0.25) is 0 Å². The predicted octanol–water partition coefficient (Wildman–Crippen LogP) is 3.76. The van der Waals surface area contributed by atoms with Crippen LogP contribution in [0, 0.1) is 11.8 Å². The van der Waals surface area contributed by atoms with Gasteiger partial charge in [-0.15, -0.1) is 0 Å². The number of rotatable bonds is 8. The normalized spacial score (nSPS) is 27.2. The molecular formula is C13H22O3. The monoisotopic (exact) mass is 226 g/mol. The van der Waals surface area contributed by atoms with Crippen LogP contribution >= 0.6 is 0 Å². The standard InChI is InChI=1S/C13H22O3/c1-2-3-4-5-8-14-16-15-13-10-11-6-7-12(13)9-11/h10-12H,2-9H2,1H3. The van der Waals surface area contributed by atoms with Crippen LogP contribution in [0.1, 0.15) is 51.9 Å². The third-order valence-electron chi connectivity index (χ3n) is 3.54. The Bertz CT molecular complexity index is 237. The van der Waals surface area contributed by atoms with Gasteiger partial charge >= 0.3 is 0 Å². The lowest BCUT2D eigenvalue weighted by Crippen LogP contribution is -2.04. The maximum Gasteiger partial charge on any atom is 0.145 e. The van der Waals surface area contributed by atoms with Gasteiger partial charge in [0.05, 0.1) is 6.61 Å². The summed E-state index contributed by atoms with van der Waals surface area (Å²) in [5.74, 6) is 2.31. The Balaban J connectivity index is 1.48. The van der Waals surface area contributed by atoms with E-state index in [2.05, 4.69) is 13.0 Å². The van der Waals surface area contributed by atoms with Crippen molar-refractivity contribution >= 4 is 0 Å². The highest BCUT2D eigenvalue weighted by molar-refractivity contribution is 5.13. The zero-order valence-electron chi connectivity index (χ0n) is 10.1. The summed E-state index contributed by atoms with van der Waals surface area (Å²) in [5, 5.41) is 4.78. The Hall–Kier alpha value is -0.540.